The van der Waals surface area contributed by atoms with Crippen molar-refractivity contribution in [3.8, 4) is 0 Å². The molecule has 1 rings (SSSR count). The van der Waals surface area contributed by atoms with Gasteiger partial charge in [0.1, 0.15) is 5.82 Å². The maximum absolute atomic E-state index is 13.1. The van der Waals surface area contributed by atoms with Gasteiger partial charge in [-0.05, 0) is 34.5 Å². The Kier molecular flexibility index (Phi) is 5.75. The second-order valence-electron chi connectivity index (χ2n) is 3.78. The van der Waals surface area contributed by atoms with Crippen molar-refractivity contribution in [2.75, 3.05) is 18.9 Å². The quantitative estimate of drug-likeness (QED) is 0.637. The Balaban J connectivity index is 2.64. The molecule has 104 valence electrons. The molecule has 1 amide bonds. The maximum atomic E-state index is 13.1. The van der Waals surface area contributed by atoms with E-state index < -0.39 is 11.8 Å². The first kappa shape index (κ1) is 15.4. The van der Waals surface area contributed by atoms with E-state index in [1.54, 1.807) is 0 Å². The monoisotopic (exact) mass is 332 g/mol. The molecular formula is C12H14BrFN2O3. The molecule has 1 aromatic rings. The van der Waals surface area contributed by atoms with Crippen molar-refractivity contribution in [2.24, 2.45) is 0 Å². The summed E-state index contributed by atoms with van der Waals surface area (Å²) in [4.78, 5) is 23.0. The number of esters is 1. The Hall–Kier alpha value is -1.63. The molecule has 19 heavy (non-hydrogen) atoms. The topological polar surface area (TPSA) is 81.4 Å². The minimum atomic E-state index is -0.745. The lowest BCUT2D eigenvalue weighted by Crippen LogP contribution is -2.29. The first-order chi connectivity index (χ1) is 8.95. The van der Waals surface area contributed by atoms with Crippen LogP contribution in [0.1, 0.15) is 23.7 Å². The Morgan fingerprint density at radius 3 is 2.79 bits per heavy atom. The lowest BCUT2D eigenvalue weighted by Gasteiger charge is -2.08. The number of benzene rings is 1. The first-order valence-corrected chi connectivity index (χ1v) is 6.43. The molecule has 0 atom stereocenters. The summed E-state index contributed by atoms with van der Waals surface area (Å²) in [7, 11) is 0. The van der Waals surface area contributed by atoms with Gasteiger partial charge in [0.05, 0.1) is 11.3 Å². The van der Waals surface area contributed by atoms with Gasteiger partial charge in [0, 0.05) is 11.0 Å². The molecule has 0 radical (unpaired) electrons. The molecular weight excluding hydrogens is 319 g/mol. The van der Waals surface area contributed by atoms with Crippen LogP contribution in [0.5, 0.6) is 0 Å². The number of halogens is 2. The van der Waals surface area contributed by atoms with E-state index in [4.69, 9.17) is 10.5 Å². The highest BCUT2D eigenvalue weighted by Gasteiger charge is 2.15. The fraction of sp³-hybridized carbons (Fsp3) is 0.333. The maximum Gasteiger partial charge on any atom is 0.339 e. The van der Waals surface area contributed by atoms with Crippen molar-refractivity contribution in [3.05, 3.63) is 28.0 Å². The second-order valence-corrected chi connectivity index (χ2v) is 4.63. The van der Waals surface area contributed by atoms with Crippen LogP contribution in [0.15, 0.2) is 16.6 Å². The number of nitrogens with two attached hydrogens (primary N) is 1. The largest absolute Gasteiger partial charge is 0.452 e. The molecule has 0 aliphatic rings. The van der Waals surface area contributed by atoms with Gasteiger partial charge in [-0.15, -0.1) is 0 Å². The number of carbonyl (C=O) groups excluding carboxylic acids is 2. The Bertz CT molecular complexity index is 494. The zero-order valence-corrected chi connectivity index (χ0v) is 11.9. The van der Waals surface area contributed by atoms with Crippen molar-refractivity contribution >= 4 is 33.5 Å². The Morgan fingerprint density at radius 2 is 2.16 bits per heavy atom. The fourth-order valence-corrected chi connectivity index (χ4v) is 1.72. The van der Waals surface area contributed by atoms with E-state index in [1.165, 1.54) is 0 Å². The van der Waals surface area contributed by atoms with Crippen molar-refractivity contribution in [3.63, 3.8) is 0 Å². The number of carbonyl (C=O) groups is 2. The zero-order valence-electron chi connectivity index (χ0n) is 10.3. The van der Waals surface area contributed by atoms with Crippen LogP contribution in [-0.2, 0) is 9.53 Å². The van der Waals surface area contributed by atoms with Gasteiger partial charge >= 0.3 is 5.97 Å². The summed E-state index contributed by atoms with van der Waals surface area (Å²) in [6.07, 6.45) is 0.791. The highest BCUT2D eigenvalue weighted by Crippen LogP contribution is 2.23. The lowest BCUT2D eigenvalue weighted by molar-refractivity contribution is -0.124. The second kappa shape index (κ2) is 7.08. The molecule has 0 fully saturated rings. The van der Waals surface area contributed by atoms with Gasteiger partial charge in [-0.2, -0.15) is 0 Å². The number of hydrogen-bond donors (Lipinski definition) is 2. The van der Waals surface area contributed by atoms with Crippen molar-refractivity contribution in [1.82, 2.24) is 5.32 Å². The average Bonchev–Trinajstić information content (AvgIpc) is 2.37. The zero-order chi connectivity index (χ0) is 14.4. The van der Waals surface area contributed by atoms with Crippen LogP contribution in [0.3, 0.4) is 0 Å². The summed E-state index contributed by atoms with van der Waals surface area (Å²) in [6, 6.07) is 2.23. The normalized spacial score (nSPS) is 10.1. The molecule has 0 heterocycles. The molecule has 0 bridgehead atoms. The van der Waals surface area contributed by atoms with E-state index in [0.717, 1.165) is 18.6 Å². The van der Waals surface area contributed by atoms with E-state index in [1.807, 2.05) is 6.92 Å². The summed E-state index contributed by atoms with van der Waals surface area (Å²) in [5.41, 5.74) is 5.28. The fourth-order valence-electron chi connectivity index (χ4n) is 1.25. The minimum Gasteiger partial charge on any atom is -0.452 e. The number of ether oxygens (including phenoxy) is 1. The van der Waals surface area contributed by atoms with Gasteiger partial charge in [0.25, 0.3) is 5.91 Å². The Morgan fingerprint density at radius 1 is 1.47 bits per heavy atom. The van der Waals surface area contributed by atoms with Crippen molar-refractivity contribution in [2.45, 2.75) is 13.3 Å². The van der Waals surface area contributed by atoms with E-state index in [0.29, 0.717) is 6.54 Å². The molecule has 5 nitrogen and oxygen atoms in total. The third-order valence-corrected chi connectivity index (χ3v) is 2.87. The Labute approximate surface area is 118 Å². The molecule has 0 aromatic heterocycles. The smallest absolute Gasteiger partial charge is 0.339 e. The molecule has 0 aliphatic carbocycles. The molecule has 0 unspecified atom stereocenters. The molecule has 0 spiro atoms. The highest BCUT2D eigenvalue weighted by atomic mass is 79.9. The van der Waals surface area contributed by atoms with E-state index in [2.05, 4.69) is 21.2 Å². The summed E-state index contributed by atoms with van der Waals surface area (Å²) in [5.74, 6) is -1.77. The summed E-state index contributed by atoms with van der Waals surface area (Å²) >= 11 is 3.03. The minimum absolute atomic E-state index is 0.0715. The van der Waals surface area contributed by atoms with Crippen LogP contribution in [0.4, 0.5) is 10.1 Å². The van der Waals surface area contributed by atoms with Gasteiger partial charge in [-0.1, -0.05) is 6.92 Å². The lowest BCUT2D eigenvalue weighted by atomic mass is 10.2. The van der Waals surface area contributed by atoms with Gasteiger partial charge < -0.3 is 15.8 Å². The van der Waals surface area contributed by atoms with Gasteiger partial charge in [-0.3, -0.25) is 4.79 Å². The van der Waals surface area contributed by atoms with Crippen molar-refractivity contribution < 1.29 is 18.7 Å². The third-order valence-electron chi connectivity index (χ3n) is 2.21. The van der Waals surface area contributed by atoms with E-state index in [-0.39, 0.29) is 28.2 Å². The van der Waals surface area contributed by atoms with Crippen LogP contribution in [-0.4, -0.2) is 25.0 Å². The molecule has 7 heteroatoms. The van der Waals surface area contributed by atoms with E-state index in [9.17, 15) is 14.0 Å². The van der Waals surface area contributed by atoms with Crippen LogP contribution >= 0.6 is 15.9 Å². The number of amides is 1. The van der Waals surface area contributed by atoms with Crippen molar-refractivity contribution in [1.29, 1.82) is 0 Å². The van der Waals surface area contributed by atoms with Crippen LogP contribution in [0, 0.1) is 5.82 Å². The van der Waals surface area contributed by atoms with Crippen LogP contribution in [0.2, 0.25) is 0 Å². The summed E-state index contributed by atoms with van der Waals surface area (Å²) in [6.45, 7) is 2.04. The summed E-state index contributed by atoms with van der Waals surface area (Å²) in [5, 5.41) is 2.56. The standard InChI is InChI=1S/C12H14BrFN2O3/c1-2-3-16-11(17)6-19-12(18)7-4-10(15)9(14)5-8(7)13/h4-5H,2-3,6,15H2,1H3,(H,16,17). The number of rotatable bonds is 5. The SMILES string of the molecule is CCCNC(=O)COC(=O)c1cc(N)c(F)cc1Br. The average molecular weight is 333 g/mol. The van der Waals surface area contributed by atoms with E-state index >= 15 is 0 Å². The van der Waals surface area contributed by atoms with Crippen LogP contribution in [0.25, 0.3) is 0 Å². The summed E-state index contributed by atoms with van der Waals surface area (Å²) < 4.78 is 18.1. The van der Waals surface area contributed by atoms with Gasteiger partial charge in [0.15, 0.2) is 6.61 Å². The first-order valence-electron chi connectivity index (χ1n) is 5.64. The number of anilines is 1. The van der Waals surface area contributed by atoms with Gasteiger partial charge in [-0.25, -0.2) is 9.18 Å². The molecule has 0 aliphatic heterocycles. The molecule has 1 aromatic carbocycles. The van der Waals surface area contributed by atoms with Gasteiger partial charge in [0.2, 0.25) is 0 Å². The van der Waals surface area contributed by atoms with Crippen LogP contribution < -0.4 is 11.1 Å². The molecule has 0 saturated heterocycles. The highest BCUT2D eigenvalue weighted by molar-refractivity contribution is 9.10. The predicted octanol–water partition coefficient (Wildman–Crippen LogP) is 1.85. The number of nitrogens with one attached hydrogen (secondary N) is 1. The number of hydrogen-bond acceptors (Lipinski definition) is 4. The molecule has 0 saturated carbocycles. The predicted molar refractivity (Wildman–Crippen MR) is 72.1 cm³/mol. The number of nitrogen functional groups attached to an aromatic ring is 1. The third kappa shape index (κ3) is 4.51. The molecule has 3 N–H and O–H groups in total.